The van der Waals surface area contributed by atoms with E-state index in [9.17, 15) is 9.90 Å². The van der Waals surface area contributed by atoms with Crippen molar-refractivity contribution < 1.29 is 9.90 Å². The van der Waals surface area contributed by atoms with Crippen molar-refractivity contribution in [3.05, 3.63) is 48.5 Å². The second-order valence-electron chi connectivity index (χ2n) is 6.08. The Hall–Kier alpha value is -2.14. The Morgan fingerprint density at radius 2 is 2.00 bits per heavy atom. The Balaban J connectivity index is 2.10. The zero-order valence-corrected chi connectivity index (χ0v) is 12.6. The quantitative estimate of drug-likeness (QED) is 0.904. The number of aliphatic hydroxyl groups excluding tert-OH is 1. The second kappa shape index (κ2) is 6.10. The zero-order valence-electron chi connectivity index (χ0n) is 12.6. The highest BCUT2D eigenvalue weighted by molar-refractivity contribution is 5.93. The summed E-state index contributed by atoms with van der Waals surface area (Å²) in [6.07, 6.45) is 2.52. The van der Waals surface area contributed by atoms with Crippen LogP contribution in [0.2, 0.25) is 0 Å². The molecule has 0 bridgehead atoms. The second-order valence-corrected chi connectivity index (χ2v) is 6.08. The van der Waals surface area contributed by atoms with Crippen molar-refractivity contribution in [1.29, 1.82) is 0 Å². The molecule has 0 aliphatic rings. The van der Waals surface area contributed by atoms with Gasteiger partial charge in [0, 0.05) is 12.2 Å². The molecular formula is C16H21N3O2. The molecule has 2 aromatic rings. The van der Waals surface area contributed by atoms with Crippen molar-refractivity contribution >= 4 is 5.91 Å². The number of imidazole rings is 1. The van der Waals surface area contributed by atoms with Crippen molar-refractivity contribution in [2.24, 2.45) is 5.41 Å². The molecule has 1 atom stereocenters. The molecular weight excluding hydrogens is 266 g/mol. The minimum absolute atomic E-state index is 0.211. The normalized spacial score (nSPS) is 13.0. The smallest absolute Gasteiger partial charge is 0.270 e. The lowest BCUT2D eigenvalue weighted by Crippen LogP contribution is -2.39. The summed E-state index contributed by atoms with van der Waals surface area (Å²) < 4.78 is 1.72. The van der Waals surface area contributed by atoms with Crippen molar-refractivity contribution in [3.8, 4) is 5.69 Å². The summed E-state index contributed by atoms with van der Waals surface area (Å²) in [7, 11) is 0. The van der Waals surface area contributed by atoms with Crippen LogP contribution in [0.25, 0.3) is 5.69 Å². The van der Waals surface area contributed by atoms with E-state index < -0.39 is 6.10 Å². The van der Waals surface area contributed by atoms with Crippen LogP contribution in [-0.4, -0.2) is 33.2 Å². The fourth-order valence-corrected chi connectivity index (χ4v) is 1.84. The van der Waals surface area contributed by atoms with Gasteiger partial charge in [0.05, 0.1) is 18.6 Å². The predicted molar refractivity (Wildman–Crippen MR) is 81.4 cm³/mol. The van der Waals surface area contributed by atoms with E-state index in [1.807, 2.05) is 51.1 Å². The number of nitrogens with zero attached hydrogens (tertiary/aromatic N) is 2. The molecule has 0 aliphatic heterocycles. The number of benzene rings is 1. The molecule has 1 heterocycles. The highest BCUT2D eigenvalue weighted by Crippen LogP contribution is 2.18. The Bertz CT molecular complexity index is 599. The average molecular weight is 287 g/mol. The number of aromatic nitrogens is 2. The first kappa shape index (κ1) is 15.3. The Morgan fingerprint density at radius 1 is 1.33 bits per heavy atom. The molecule has 0 saturated heterocycles. The molecule has 1 amide bonds. The van der Waals surface area contributed by atoms with Gasteiger partial charge in [-0.2, -0.15) is 0 Å². The van der Waals surface area contributed by atoms with Crippen LogP contribution in [0.3, 0.4) is 0 Å². The van der Waals surface area contributed by atoms with Gasteiger partial charge < -0.3 is 10.4 Å². The Kier molecular flexibility index (Phi) is 4.43. The third kappa shape index (κ3) is 3.70. The van der Waals surface area contributed by atoms with Gasteiger partial charge in [0.25, 0.3) is 5.91 Å². The molecule has 2 N–H and O–H groups in total. The van der Waals surface area contributed by atoms with Crippen LogP contribution in [0, 0.1) is 5.41 Å². The van der Waals surface area contributed by atoms with Gasteiger partial charge >= 0.3 is 0 Å². The molecule has 5 heteroatoms. The SMILES string of the molecule is CC(C)(C)C(O)CNC(=O)c1cncn1-c1ccccc1. The van der Waals surface area contributed by atoms with E-state index in [0.29, 0.717) is 5.69 Å². The first-order valence-corrected chi connectivity index (χ1v) is 6.93. The third-order valence-corrected chi connectivity index (χ3v) is 3.36. The number of carbonyl (C=O) groups is 1. The summed E-state index contributed by atoms with van der Waals surface area (Å²) in [6, 6.07) is 9.53. The fourth-order valence-electron chi connectivity index (χ4n) is 1.84. The van der Waals surface area contributed by atoms with Crippen molar-refractivity contribution in [3.63, 3.8) is 0 Å². The number of hydrogen-bond acceptors (Lipinski definition) is 3. The summed E-state index contributed by atoms with van der Waals surface area (Å²) in [5.74, 6) is -0.250. The van der Waals surface area contributed by atoms with E-state index in [4.69, 9.17) is 0 Å². The summed E-state index contributed by atoms with van der Waals surface area (Å²) in [4.78, 5) is 16.3. The first-order valence-electron chi connectivity index (χ1n) is 6.93. The van der Waals surface area contributed by atoms with Crippen LogP contribution in [0.15, 0.2) is 42.9 Å². The molecule has 0 spiro atoms. The van der Waals surface area contributed by atoms with E-state index in [-0.39, 0.29) is 17.9 Å². The highest BCUT2D eigenvalue weighted by Gasteiger charge is 2.23. The molecule has 0 radical (unpaired) electrons. The molecule has 112 valence electrons. The van der Waals surface area contributed by atoms with E-state index in [1.54, 1.807) is 10.9 Å². The van der Waals surface area contributed by atoms with Gasteiger partial charge in [-0.3, -0.25) is 9.36 Å². The van der Waals surface area contributed by atoms with Crippen molar-refractivity contribution in [2.45, 2.75) is 26.9 Å². The number of nitrogens with one attached hydrogen (secondary N) is 1. The summed E-state index contributed by atoms with van der Waals surface area (Å²) >= 11 is 0. The molecule has 2 rings (SSSR count). The molecule has 0 fully saturated rings. The Morgan fingerprint density at radius 3 is 2.62 bits per heavy atom. The van der Waals surface area contributed by atoms with Crippen LogP contribution >= 0.6 is 0 Å². The summed E-state index contributed by atoms with van der Waals surface area (Å²) in [5, 5.41) is 12.7. The third-order valence-electron chi connectivity index (χ3n) is 3.36. The van der Waals surface area contributed by atoms with E-state index in [2.05, 4.69) is 10.3 Å². The van der Waals surface area contributed by atoms with Gasteiger partial charge in [-0.15, -0.1) is 0 Å². The van der Waals surface area contributed by atoms with Gasteiger partial charge in [-0.25, -0.2) is 4.98 Å². The van der Waals surface area contributed by atoms with E-state index in [0.717, 1.165) is 5.69 Å². The molecule has 1 aromatic carbocycles. The van der Waals surface area contributed by atoms with Gasteiger partial charge in [0.15, 0.2) is 0 Å². The number of carbonyl (C=O) groups excluding carboxylic acids is 1. The molecule has 0 aliphatic carbocycles. The molecule has 21 heavy (non-hydrogen) atoms. The fraction of sp³-hybridized carbons (Fsp3) is 0.375. The maximum atomic E-state index is 12.2. The lowest BCUT2D eigenvalue weighted by molar-refractivity contribution is 0.0585. The maximum Gasteiger partial charge on any atom is 0.270 e. The van der Waals surface area contributed by atoms with Gasteiger partial charge in [-0.05, 0) is 17.5 Å². The van der Waals surface area contributed by atoms with Crippen LogP contribution < -0.4 is 5.32 Å². The largest absolute Gasteiger partial charge is 0.391 e. The molecule has 1 unspecified atom stereocenters. The standard InChI is InChI=1S/C16H21N3O2/c1-16(2,3)14(20)10-18-15(21)13-9-17-11-19(13)12-7-5-4-6-8-12/h4-9,11,14,20H,10H2,1-3H3,(H,18,21). The lowest BCUT2D eigenvalue weighted by atomic mass is 9.89. The van der Waals surface area contributed by atoms with Gasteiger partial charge in [0.2, 0.25) is 0 Å². The topological polar surface area (TPSA) is 67.2 Å². The van der Waals surface area contributed by atoms with Crippen LogP contribution in [-0.2, 0) is 0 Å². The van der Waals surface area contributed by atoms with Crippen molar-refractivity contribution in [1.82, 2.24) is 14.9 Å². The number of amides is 1. The molecule has 5 nitrogen and oxygen atoms in total. The Labute approximate surface area is 124 Å². The maximum absolute atomic E-state index is 12.2. The lowest BCUT2D eigenvalue weighted by Gasteiger charge is -2.25. The van der Waals surface area contributed by atoms with Gasteiger partial charge in [0.1, 0.15) is 5.69 Å². The average Bonchev–Trinajstić information content (AvgIpc) is 2.93. The van der Waals surface area contributed by atoms with Gasteiger partial charge in [-0.1, -0.05) is 39.0 Å². The zero-order chi connectivity index (χ0) is 15.5. The number of aliphatic hydroxyl groups is 1. The predicted octanol–water partition coefficient (Wildman–Crippen LogP) is 2.01. The number of hydrogen-bond donors (Lipinski definition) is 2. The van der Waals surface area contributed by atoms with Crippen LogP contribution in [0.5, 0.6) is 0 Å². The number of rotatable bonds is 4. The minimum Gasteiger partial charge on any atom is -0.391 e. The van der Waals surface area contributed by atoms with Crippen molar-refractivity contribution in [2.75, 3.05) is 6.54 Å². The van der Waals surface area contributed by atoms with Crippen LogP contribution in [0.4, 0.5) is 0 Å². The number of para-hydroxylation sites is 1. The monoisotopic (exact) mass is 287 g/mol. The molecule has 0 saturated carbocycles. The van der Waals surface area contributed by atoms with Crippen LogP contribution in [0.1, 0.15) is 31.3 Å². The summed E-state index contributed by atoms with van der Waals surface area (Å²) in [6.45, 7) is 6.00. The minimum atomic E-state index is -0.602. The van der Waals surface area contributed by atoms with E-state index >= 15 is 0 Å². The van der Waals surface area contributed by atoms with E-state index in [1.165, 1.54) is 6.20 Å². The first-order chi connectivity index (χ1) is 9.89. The highest BCUT2D eigenvalue weighted by atomic mass is 16.3. The molecule has 1 aromatic heterocycles. The summed E-state index contributed by atoms with van der Waals surface area (Å²) in [5.41, 5.74) is 1.05.